The van der Waals surface area contributed by atoms with Crippen molar-refractivity contribution < 1.29 is 19.4 Å². The molecule has 2 aromatic rings. The first-order valence-electron chi connectivity index (χ1n) is 6.80. The number of carbonyl (C=O) groups excluding carboxylic acids is 1. The molecule has 0 unspecified atom stereocenters. The quantitative estimate of drug-likeness (QED) is 0.796. The van der Waals surface area contributed by atoms with Crippen LogP contribution in [0.3, 0.4) is 0 Å². The molecule has 0 aliphatic heterocycles. The highest BCUT2D eigenvalue weighted by Gasteiger charge is 2.25. The summed E-state index contributed by atoms with van der Waals surface area (Å²) in [6.45, 7) is -0.103. The molecule has 0 aliphatic carbocycles. The van der Waals surface area contributed by atoms with E-state index in [1.165, 1.54) is 0 Å². The standard InChI is InChI=1S/C16H10ClN3O4S/c17-14-12(9-1-3-10(4-2-9)24-8-7-19)13(16(22)23)15(25-14)20-11(21)5-6-18/h1-4H,5,8H2,(H,20,21)(H,22,23). The van der Waals surface area contributed by atoms with Crippen molar-refractivity contribution in [1.29, 1.82) is 10.5 Å². The predicted octanol–water partition coefficient (Wildman–Crippen LogP) is 3.52. The van der Waals surface area contributed by atoms with Gasteiger partial charge < -0.3 is 15.2 Å². The van der Waals surface area contributed by atoms with Gasteiger partial charge in [0.1, 0.15) is 33.1 Å². The van der Waals surface area contributed by atoms with Gasteiger partial charge in [0.2, 0.25) is 5.91 Å². The van der Waals surface area contributed by atoms with Gasteiger partial charge in [0.05, 0.1) is 6.07 Å². The highest BCUT2D eigenvalue weighted by Crippen LogP contribution is 2.43. The van der Waals surface area contributed by atoms with Crippen LogP contribution < -0.4 is 10.1 Å². The van der Waals surface area contributed by atoms with Crippen LogP contribution in [0.4, 0.5) is 5.00 Å². The van der Waals surface area contributed by atoms with E-state index in [1.54, 1.807) is 30.3 Å². The van der Waals surface area contributed by atoms with Crippen LogP contribution in [0.1, 0.15) is 16.8 Å². The van der Waals surface area contributed by atoms with Crippen molar-refractivity contribution in [3.8, 4) is 29.0 Å². The summed E-state index contributed by atoms with van der Waals surface area (Å²) >= 11 is 7.08. The number of carboxylic acid groups (broad SMARTS) is 1. The van der Waals surface area contributed by atoms with Crippen LogP contribution in [0, 0.1) is 22.7 Å². The molecule has 1 amide bonds. The van der Waals surface area contributed by atoms with Crippen LogP contribution in [-0.2, 0) is 4.79 Å². The van der Waals surface area contributed by atoms with Crippen LogP contribution in [0.2, 0.25) is 4.34 Å². The molecule has 2 N–H and O–H groups in total. The number of amides is 1. The van der Waals surface area contributed by atoms with Gasteiger partial charge in [-0.1, -0.05) is 23.7 Å². The summed E-state index contributed by atoms with van der Waals surface area (Å²) in [5, 5.41) is 29.0. The molecule has 126 valence electrons. The first kappa shape index (κ1) is 18.3. The lowest BCUT2D eigenvalue weighted by atomic mass is 10.0. The summed E-state index contributed by atoms with van der Waals surface area (Å²) in [5.41, 5.74) is 0.633. The maximum atomic E-state index is 11.6. The smallest absolute Gasteiger partial charge is 0.339 e. The van der Waals surface area contributed by atoms with Gasteiger partial charge in [-0.3, -0.25) is 4.79 Å². The first-order chi connectivity index (χ1) is 12.0. The van der Waals surface area contributed by atoms with Crippen molar-refractivity contribution in [2.45, 2.75) is 6.42 Å². The third-order valence-corrected chi connectivity index (χ3v) is 4.33. The molecule has 1 heterocycles. The Morgan fingerprint density at radius 3 is 2.48 bits per heavy atom. The summed E-state index contributed by atoms with van der Waals surface area (Å²) in [4.78, 5) is 23.2. The molecule has 25 heavy (non-hydrogen) atoms. The fraction of sp³-hybridized carbons (Fsp3) is 0.125. The molecule has 0 aliphatic rings. The van der Waals surface area contributed by atoms with Crippen molar-refractivity contribution >= 4 is 39.8 Å². The Balaban J connectivity index is 2.42. The average molecular weight is 376 g/mol. The van der Waals surface area contributed by atoms with E-state index >= 15 is 0 Å². The van der Waals surface area contributed by atoms with Crippen LogP contribution in [-0.4, -0.2) is 23.6 Å². The highest BCUT2D eigenvalue weighted by atomic mass is 35.5. The number of carbonyl (C=O) groups is 2. The molecule has 7 nitrogen and oxygen atoms in total. The van der Waals surface area contributed by atoms with E-state index in [0.717, 1.165) is 11.3 Å². The molecule has 0 spiro atoms. The minimum absolute atomic E-state index is 0.0672. The summed E-state index contributed by atoms with van der Waals surface area (Å²) in [5.74, 6) is -1.42. The SMILES string of the molecule is N#CCOc1ccc(-c2c(Cl)sc(NC(=O)CC#N)c2C(=O)O)cc1. The number of hydrogen-bond donors (Lipinski definition) is 2. The van der Waals surface area contributed by atoms with Crippen molar-refractivity contribution in [2.24, 2.45) is 0 Å². The second-order valence-corrected chi connectivity index (χ2v) is 6.24. The molecular weight excluding hydrogens is 366 g/mol. The number of thiophene rings is 1. The van der Waals surface area contributed by atoms with E-state index in [1.807, 2.05) is 6.07 Å². The van der Waals surface area contributed by atoms with Crippen LogP contribution in [0.5, 0.6) is 5.75 Å². The zero-order valence-corrected chi connectivity index (χ0v) is 14.1. The van der Waals surface area contributed by atoms with Crippen molar-refractivity contribution in [3.63, 3.8) is 0 Å². The fourth-order valence-electron chi connectivity index (χ4n) is 2.03. The maximum Gasteiger partial charge on any atom is 0.339 e. The van der Waals surface area contributed by atoms with Gasteiger partial charge in [0.25, 0.3) is 0 Å². The van der Waals surface area contributed by atoms with Gasteiger partial charge in [-0.15, -0.1) is 11.3 Å². The minimum Gasteiger partial charge on any atom is -0.479 e. The number of aromatic carboxylic acids is 1. The molecule has 9 heteroatoms. The number of benzene rings is 1. The number of hydrogen-bond acceptors (Lipinski definition) is 6. The van der Waals surface area contributed by atoms with Gasteiger partial charge >= 0.3 is 5.97 Å². The summed E-state index contributed by atoms with van der Waals surface area (Å²) in [6.07, 6.45) is -0.394. The fourth-order valence-corrected chi connectivity index (χ4v) is 3.42. The van der Waals surface area contributed by atoms with Crippen LogP contribution in [0.25, 0.3) is 11.1 Å². The molecule has 0 radical (unpaired) electrons. The number of nitrogens with zero attached hydrogens (tertiary/aromatic N) is 2. The summed E-state index contributed by atoms with van der Waals surface area (Å²) in [6, 6.07) is 9.91. The number of ether oxygens (including phenoxy) is 1. The number of halogens is 1. The van der Waals surface area contributed by atoms with E-state index in [2.05, 4.69) is 5.32 Å². The lowest BCUT2D eigenvalue weighted by molar-refractivity contribution is -0.115. The van der Waals surface area contributed by atoms with Crippen LogP contribution >= 0.6 is 22.9 Å². The molecule has 2 rings (SSSR count). The molecule has 0 bridgehead atoms. The number of anilines is 1. The van der Waals surface area contributed by atoms with Gasteiger partial charge in [-0.2, -0.15) is 10.5 Å². The van der Waals surface area contributed by atoms with Gasteiger partial charge in [-0.05, 0) is 17.7 Å². The number of nitriles is 2. The summed E-state index contributed by atoms with van der Waals surface area (Å²) in [7, 11) is 0. The first-order valence-corrected chi connectivity index (χ1v) is 8.00. The molecule has 0 saturated carbocycles. The number of carboxylic acids is 1. The normalized spacial score (nSPS) is 9.72. The molecule has 0 atom stereocenters. The topological polar surface area (TPSA) is 123 Å². The Kier molecular flexibility index (Phi) is 5.96. The predicted molar refractivity (Wildman–Crippen MR) is 91.7 cm³/mol. The van der Waals surface area contributed by atoms with Gasteiger partial charge in [-0.25, -0.2) is 4.79 Å². The molecule has 0 fully saturated rings. The monoisotopic (exact) mass is 375 g/mol. The van der Waals surface area contributed by atoms with E-state index in [4.69, 9.17) is 26.9 Å². The lowest BCUT2D eigenvalue weighted by Crippen LogP contribution is -2.12. The third-order valence-electron chi connectivity index (χ3n) is 3.02. The Bertz CT molecular complexity index is 894. The average Bonchev–Trinajstić information content (AvgIpc) is 2.89. The zero-order chi connectivity index (χ0) is 18.4. The van der Waals surface area contributed by atoms with Crippen molar-refractivity contribution in [1.82, 2.24) is 0 Å². The van der Waals surface area contributed by atoms with Gasteiger partial charge in [0, 0.05) is 5.56 Å². The molecule has 1 aromatic heterocycles. The molecule has 0 saturated heterocycles. The molecular formula is C16H10ClN3O4S. The van der Waals surface area contributed by atoms with E-state index < -0.39 is 18.3 Å². The van der Waals surface area contributed by atoms with E-state index in [-0.39, 0.29) is 27.1 Å². The second kappa shape index (κ2) is 8.15. The van der Waals surface area contributed by atoms with E-state index in [0.29, 0.717) is 11.3 Å². The molecule has 1 aromatic carbocycles. The number of rotatable bonds is 6. The van der Waals surface area contributed by atoms with Crippen molar-refractivity contribution in [2.75, 3.05) is 11.9 Å². The number of nitrogens with one attached hydrogen (secondary N) is 1. The third kappa shape index (κ3) is 4.27. The Labute approximate surface area is 151 Å². The summed E-state index contributed by atoms with van der Waals surface area (Å²) < 4.78 is 5.33. The highest BCUT2D eigenvalue weighted by molar-refractivity contribution is 7.21. The van der Waals surface area contributed by atoms with Gasteiger partial charge in [0.15, 0.2) is 6.61 Å². The lowest BCUT2D eigenvalue weighted by Gasteiger charge is -2.06. The minimum atomic E-state index is -1.25. The Hall–Kier alpha value is -3.07. The van der Waals surface area contributed by atoms with Crippen molar-refractivity contribution in [3.05, 3.63) is 34.2 Å². The van der Waals surface area contributed by atoms with Crippen LogP contribution in [0.15, 0.2) is 24.3 Å². The van der Waals surface area contributed by atoms with E-state index in [9.17, 15) is 14.7 Å². The Morgan fingerprint density at radius 1 is 1.24 bits per heavy atom. The Morgan fingerprint density at radius 2 is 1.92 bits per heavy atom. The second-order valence-electron chi connectivity index (χ2n) is 4.61. The zero-order valence-electron chi connectivity index (χ0n) is 12.6. The maximum absolute atomic E-state index is 11.6. The largest absolute Gasteiger partial charge is 0.479 e.